The zero-order valence-electron chi connectivity index (χ0n) is 14.8. The second kappa shape index (κ2) is 9.33. The van der Waals surface area contributed by atoms with Crippen LogP contribution in [0.25, 0.3) is 0 Å². The van der Waals surface area contributed by atoms with Crippen LogP contribution in [0.15, 0.2) is 42.5 Å². The Balaban J connectivity index is 2.16. The number of carbonyl (C=O) groups is 1. The number of amides is 1. The molecule has 1 amide bonds. The van der Waals surface area contributed by atoms with Crippen LogP contribution in [-0.4, -0.2) is 18.6 Å². The number of halogens is 1. The molecule has 1 atom stereocenters. The summed E-state index contributed by atoms with van der Waals surface area (Å²) in [6, 6.07) is 12.7. The highest BCUT2D eigenvalue weighted by Gasteiger charge is 2.13. The van der Waals surface area contributed by atoms with Gasteiger partial charge in [0.25, 0.3) is 5.91 Å². The maximum Gasteiger partial charge on any atom is 0.251 e. The van der Waals surface area contributed by atoms with E-state index in [9.17, 15) is 4.79 Å². The molecule has 0 fully saturated rings. The molecule has 2 aromatic carbocycles. The lowest BCUT2D eigenvalue weighted by Crippen LogP contribution is -2.32. The Morgan fingerprint density at radius 3 is 2.48 bits per heavy atom. The highest BCUT2D eigenvalue weighted by Crippen LogP contribution is 2.23. The lowest BCUT2D eigenvalue weighted by molar-refractivity contribution is 0.0939. The van der Waals surface area contributed by atoms with E-state index < -0.39 is 0 Å². The second-order valence-corrected chi connectivity index (χ2v) is 6.22. The van der Waals surface area contributed by atoms with Crippen molar-refractivity contribution in [3.63, 3.8) is 0 Å². The predicted molar refractivity (Wildman–Crippen MR) is 101 cm³/mol. The van der Waals surface area contributed by atoms with Gasteiger partial charge in [-0.2, -0.15) is 0 Å². The normalized spacial score (nSPS) is 11.7. The van der Waals surface area contributed by atoms with Gasteiger partial charge in [0, 0.05) is 22.2 Å². The number of rotatable bonds is 8. The Morgan fingerprint density at radius 2 is 1.84 bits per heavy atom. The van der Waals surface area contributed by atoms with E-state index in [1.807, 2.05) is 45.0 Å². The molecule has 2 rings (SSSR count). The van der Waals surface area contributed by atoms with Gasteiger partial charge in [-0.05, 0) is 62.7 Å². The summed E-state index contributed by atoms with van der Waals surface area (Å²) in [5.74, 6) is 1.34. The first-order valence-corrected chi connectivity index (χ1v) is 8.86. The largest absolute Gasteiger partial charge is 0.493 e. The molecule has 5 heteroatoms. The monoisotopic (exact) mass is 361 g/mol. The molecule has 2 aromatic rings. The van der Waals surface area contributed by atoms with Crippen molar-refractivity contribution in [3.05, 3.63) is 58.6 Å². The first-order valence-electron chi connectivity index (χ1n) is 8.48. The van der Waals surface area contributed by atoms with Crippen molar-refractivity contribution in [3.8, 4) is 11.5 Å². The summed E-state index contributed by atoms with van der Waals surface area (Å²) < 4.78 is 11.4. The van der Waals surface area contributed by atoms with E-state index in [1.54, 1.807) is 18.2 Å². The molecule has 0 bridgehead atoms. The van der Waals surface area contributed by atoms with E-state index in [-0.39, 0.29) is 11.9 Å². The Morgan fingerprint density at radius 1 is 1.12 bits per heavy atom. The molecule has 0 aliphatic carbocycles. The van der Waals surface area contributed by atoms with Crippen LogP contribution in [0.1, 0.15) is 43.1 Å². The summed E-state index contributed by atoms with van der Waals surface area (Å²) in [7, 11) is 0. The minimum absolute atomic E-state index is 0.0925. The second-order valence-electron chi connectivity index (χ2n) is 5.78. The zero-order valence-corrected chi connectivity index (χ0v) is 15.6. The van der Waals surface area contributed by atoms with Gasteiger partial charge in [-0.25, -0.2) is 0 Å². The molecule has 4 nitrogen and oxygen atoms in total. The lowest BCUT2D eigenvalue weighted by atomic mass is 10.1. The molecule has 0 aliphatic rings. The van der Waals surface area contributed by atoms with Gasteiger partial charge < -0.3 is 14.8 Å². The molecule has 0 aliphatic heterocycles. The van der Waals surface area contributed by atoms with Gasteiger partial charge in [-0.1, -0.05) is 18.5 Å². The number of hydrogen-bond donors (Lipinski definition) is 1. The molecular formula is C20H24ClNO3. The lowest BCUT2D eigenvalue weighted by Gasteiger charge is -2.15. The van der Waals surface area contributed by atoms with Gasteiger partial charge >= 0.3 is 0 Å². The number of nitrogens with one attached hydrogen (secondary N) is 1. The summed E-state index contributed by atoms with van der Waals surface area (Å²) in [6.45, 7) is 6.80. The standard InChI is InChI=1S/C20H24ClNO3/c1-4-14(3)22-20(23)15-6-11-19(24-5-2)16(12-15)13-25-18-9-7-17(21)8-10-18/h6-12,14H,4-5,13H2,1-3H3,(H,22,23). The molecular weight excluding hydrogens is 338 g/mol. The van der Waals surface area contributed by atoms with Gasteiger partial charge in [0.2, 0.25) is 0 Å². The summed E-state index contributed by atoms with van der Waals surface area (Å²) >= 11 is 5.88. The fourth-order valence-corrected chi connectivity index (χ4v) is 2.36. The number of ether oxygens (including phenoxy) is 2. The molecule has 0 spiro atoms. The molecule has 1 N–H and O–H groups in total. The van der Waals surface area contributed by atoms with E-state index in [1.165, 1.54) is 0 Å². The number of carbonyl (C=O) groups excluding carboxylic acids is 1. The summed E-state index contributed by atoms with van der Waals surface area (Å²) in [6.07, 6.45) is 0.884. The zero-order chi connectivity index (χ0) is 18.2. The first-order chi connectivity index (χ1) is 12.0. The van der Waals surface area contributed by atoms with Gasteiger partial charge in [0.1, 0.15) is 18.1 Å². The smallest absolute Gasteiger partial charge is 0.251 e. The van der Waals surface area contributed by atoms with E-state index in [0.29, 0.717) is 29.5 Å². The van der Waals surface area contributed by atoms with Crippen LogP contribution in [0.4, 0.5) is 0 Å². The SMILES string of the molecule is CCOc1ccc(C(=O)NC(C)CC)cc1COc1ccc(Cl)cc1. The van der Waals surface area contributed by atoms with E-state index >= 15 is 0 Å². The van der Waals surface area contributed by atoms with Crippen molar-refractivity contribution in [1.29, 1.82) is 0 Å². The fraction of sp³-hybridized carbons (Fsp3) is 0.350. The van der Waals surface area contributed by atoms with Crippen LogP contribution < -0.4 is 14.8 Å². The molecule has 0 heterocycles. The van der Waals surface area contributed by atoms with E-state index in [2.05, 4.69) is 5.32 Å². The molecule has 0 saturated heterocycles. The van der Waals surface area contributed by atoms with Crippen LogP contribution >= 0.6 is 11.6 Å². The maximum absolute atomic E-state index is 12.3. The Bertz CT molecular complexity index is 701. The molecule has 25 heavy (non-hydrogen) atoms. The third kappa shape index (κ3) is 5.68. The molecule has 1 unspecified atom stereocenters. The first kappa shape index (κ1) is 19.1. The van der Waals surface area contributed by atoms with Crippen LogP contribution in [0, 0.1) is 0 Å². The molecule has 134 valence electrons. The Labute approximate surface area is 154 Å². The summed E-state index contributed by atoms with van der Waals surface area (Å²) in [5.41, 5.74) is 1.42. The summed E-state index contributed by atoms with van der Waals surface area (Å²) in [5, 5.41) is 3.63. The molecule has 0 saturated carbocycles. The van der Waals surface area contributed by atoms with E-state index in [4.69, 9.17) is 21.1 Å². The topological polar surface area (TPSA) is 47.6 Å². The number of benzene rings is 2. The predicted octanol–water partition coefficient (Wildman–Crippen LogP) is 4.85. The van der Waals surface area contributed by atoms with Crippen molar-refractivity contribution < 1.29 is 14.3 Å². The van der Waals surface area contributed by atoms with Gasteiger partial charge in [0.05, 0.1) is 6.61 Å². The molecule has 0 aromatic heterocycles. The van der Waals surface area contributed by atoms with Crippen molar-refractivity contribution in [2.45, 2.75) is 39.8 Å². The Kier molecular flexibility index (Phi) is 7.14. The average Bonchev–Trinajstić information content (AvgIpc) is 2.62. The Hall–Kier alpha value is -2.20. The average molecular weight is 362 g/mol. The van der Waals surface area contributed by atoms with Gasteiger partial charge in [0.15, 0.2) is 0 Å². The molecule has 0 radical (unpaired) electrons. The third-order valence-electron chi connectivity index (χ3n) is 3.82. The third-order valence-corrected chi connectivity index (χ3v) is 4.07. The van der Waals surface area contributed by atoms with Crippen molar-refractivity contribution in [1.82, 2.24) is 5.32 Å². The summed E-state index contributed by atoms with van der Waals surface area (Å²) in [4.78, 5) is 12.3. The highest BCUT2D eigenvalue weighted by atomic mass is 35.5. The minimum atomic E-state index is -0.0925. The fourth-order valence-electron chi connectivity index (χ4n) is 2.23. The van der Waals surface area contributed by atoms with Crippen molar-refractivity contribution in [2.75, 3.05) is 6.61 Å². The van der Waals surface area contributed by atoms with Crippen LogP contribution in [-0.2, 0) is 6.61 Å². The van der Waals surface area contributed by atoms with Crippen molar-refractivity contribution >= 4 is 17.5 Å². The van der Waals surface area contributed by atoms with Gasteiger partial charge in [-0.15, -0.1) is 0 Å². The maximum atomic E-state index is 12.3. The van der Waals surface area contributed by atoms with E-state index in [0.717, 1.165) is 17.7 Å². The van der Waals surface area contributed by atoms with Gasteiger partial charge in [-0.3, -0.25) is 4.79 Å². The van der Waals surface area contributed by atoms with Crippen LogP contribution in [0.5, 0.6) is 11.5 Å². The van der Waals surface area contributed by atoms with Crippen LogP contribution in [0.3, 0.4) is 0 Å². The highest BCUT2D eigenvalue weighted by molar-refractivity contribution is 6.30. The quantitative estimate of drug-likeness (QED) is 0.731. The van der Waals surface area contributed by atoms with Crippen molar-refractivity contribution in [2.24, 2.45) is 0 Å². The number of hydrogen-bond acceptors (Lipinski definition) is 3. The van der Waals surface area contributed by atoms with Crippen LogP contribution in [0.2, 0.25) is 5.02 Å². The minimum Gasteiger partial charge on any atom is -0.493 e.